The Labute approximate surface area is 252 Å². The maximum absolute atomic E-state index is 13.4. The number of ether oxygens (including phenoxy) is 2. The molecule has 0 radical (unpaired) electrons. The van der Waals surface area contributed by atoms with Gasteiger partial charge in [-0.2, -0.15) is 0 Å². The second-order valence-electron chi connectivity index (χ2n) is 13.1. The molecule has 3 fully saturated rings. The van der Waals surface area contributed by atoms with Gasteiger partial charge in [-0.25, -0.2) is 0 Å². The van der Waals surface area contributed by atoms with E-state index in [1.165, 1.54) is 0 Å². The number of hydrogen-bond donors (Lipinski definition) is 3. The summed E-state index contributed by atoms with van der Waals surface area (Å²) in [6.07, 6.45) is 7.50. The van der Waals surface area contributed by atoms with E-state index in [1.54, 1.807) is 19.3 Å². The molecular formula is C34H43NO8. The van der Waals surface area contributed by atoms with Gasteiger partial charge in [-0.1, -0.05) is 37.6 Å². The summed E-state index contributed by atoms with van der Waals surface area (Å²) in [5.41, 5.74) is -0.932. The molecule has 0 unspecified atom stereocenters. The minimum atomic E-state index is -1.72. The number of aliphatic hydroxyl groups is 2. The summed E-state index contributed by atoms with van der Waals surface area (Å²) in [4.78, 5) is 50.1. The smallest absolute Gasteiger partial charge is 0.306 e. The molecule has 232 valence electrons. The number of aliphatic hydroxyl groups excluding tert-OH is 1. The van der Waals surface area contributed by atoms with Crippen LogP contribution in [0.15, 0.2) is 48.1 Å². The van der Waals surface area contributed by atoms with Crippen molar-refractivity contribution in [3.8, 4) is 5.75 Å². The number of rotatable bonds is 10. The molecule has 9 nitrogen and oxygen atoms in total. The number of allylic oxidation sites excluding steroid dienone is 4. The van der Waals surface area contributed by atoms with Gasteiger partial charge >= 0.3 is 5.97 Å². The number of hydrogen-bond acceptors (Lipinski definition) is 8. The van der Waals surface area contributed by atoms with Crippen molar-refractivity contribution in [2.45, 2.75) is 76.9 Å². The number of benzene rings is 1. The van der Waals surface area contributed by atoms with Crippen molar-refractivity contribution in [3.63, 3.8) is 0 Å². The maximum Gasteiger partial charge on any atom is 0.306 e. The molecule has 5 rings (SSSR count). The van der Waals surface area contributed by atoms with Gasteiger partial charge in [0.05, 0.1) is 19.6 Å². The normalized spacial score (nSPS) is 34.3. The van der Waals surface area contributed by atoms with E-state index in [2.05, 4.69) is 12.2 Å². The van der Waals surface area contributed by atoms with Crippen molar-refractivity contribution in [2.24, 2.45) is 28.6 Å². The number of methoxy groups -OCH3 is 1. The first-order valence-electron chi connectivity index (χ1n) is 15.3. The van der Waals surface area contributed by atoms with Crippen LogP contribution in [-0.4, -0.2) is 65.6 Å². The lowest BCUT2D eigenvalue weighted by Gasteiger charge is -2.59. The fourth-order valence-corrected chi connectivity index (χ4v) is 8.57. The van der Waals surface area contributed by atoms with Gasteiger partial charge in [-0.15, -0.1) is 0 Å². The lowest BCUT2D eigenvalue weighted by atomic mass is 9.46. The Morgan fingerprint density at radius 2 is 1.84 bits per heavy atom. The summed E-state index contributed by atoms with van der Waals surface area (Å²) in [6, 6.07) is 7.55. The number of ketones is 2. The van der Waals surface area contributed by atoms with Gasteiger partial charge in [-0.3, -0.25) is 19.2 Å². The molecule has 9 heteroatoms. The number of esters is 1. The van der Waals surface area contributed by atoms with Crippen LogP contribution in [0.1, 0.15) is 64.4 Å². The molecule has 4 aliphatic carbocycles. The predicted molar refractivity (Wildman–Crippen MR) is 158 cm³/mol. The van der Waals surface area contributed by atoms with Gasteiger partial charge in [-0.05, 0) is 80.2 Å². The van der Waals surface area contributed by atoms with Crippen LogP contribution < -0.4 is 10.1 Å². The molecule has 1 aromatic carbocycles. The molecule has 1 aromatic rings. The number of carbonyl (C=O) groups is 4. The molecule has 0 spiro atoms. The Kier molecular flexibility index (Phi) is 8.69. The van der Waals surface area contributed by atoms with E-state index in [0.717, 1.165) is 29.7 Å². The molecular weight excluding hydrogens is 550 g/mol. The van der Waals surface area contributed by atoms with Gasteiger partial charge in [0.2, 0.25) is 11.7 Å². The third-order valence-corrected chi connectivity index (χ3v) is 10.9. The highest BCUT2D eigenvalue weighted by molar-refractivity contribution is 6.01. The topological polar surface area (TPSA) is 139 Å². The quantitative estimate of drug-likeness (QED) is 0.352. The summed E-state index contributed by atoms with van der Waals surface area (Å²) in [5.74, 6) is -0.805. The highest BCUT2D eigenvalue weighted by Crippen LogP contribution is 2.67. The molecule has 1 amide bonds. The minimum absolute atomic E-state index is 0.0107. The second-order valence-corrected chi connectivity index (χ2v) is 13.1. The molecule has 4 aliphatic rings. The zero-order valence-corrected chi connectivity index (χ0v) is 25.3. The van der Waals surface area contributed by atoms with Crippen LogP contribution in [0.2, 0.25) is 0 Å². The number of nitrogens with one attached hydrogen (secondary N) is 1. The van der Waals surface area contributed by atoms with Crippen molar-refractivity contribution in [3.05, 3.63) is 53.6 Å². The van der Waals surface area contributed by atoms with Gasteiger partial charge < -0.3 is 25.0 Å². The van der Waals surface area contributed by atoms with Crippen LogP contribution in [0.3, 0.4) is 0 Å². The van der Waals surface area contributed by atoms with E-state index >= 15 is 0 Å². The average Bonchev–Trinajstić information content (AvgIpc) is 3.25. The SMILES string of the molecule is COc1ccc(CCNC(=O)CCC(=O)OCC(=O)[C@@]2(O)CC[C@H]3[C@H]4CCC5=CC(=O)C=C[C@]5(C)[C@@H]4[C@@H](O)C[C@@]32C)cc1. The van der Waals surface area contributed by atoms with Crippen LogP contribution in [0.25, 0.3) is 0 Å². The lowest BCUT2D eigenvalue weighted by molar-refractivity contribution is -0.181. The zero-order chi connectivity index (χ0) is 31.0. The summed E-state index contributed by atoms with van der Waals surface area (Å²) in [5, 5.41) is 26.1. The van der Waals surface area contributed by atoms with Crippen LogP contribution in [0, 0.1) is 28.6 Å². The van der Waals surface area contributed by atoms with Gasteiger partial charge in [0.15, 0.2) is 12.4 Å². The van der Waals surface area contributed by atoms with Crippen molar-refractivity contribution < 1.29 is 38.9 Å². The highest BCUT2D eigenvalue weighted by atomic mass is 16.5. The van der Waals surface area contributed by atoms with Gasteiger partial charge in [0.1, 0.15) is 11.4 Å². The van der Waals surface area contributed by atoms with Crippen molar-refractivity contribution in [1.82, 2.24) is 5.32 Å². The van der Waals surface area contributed by atoms with Crippen LogP contribution in [0.5, 0.6) is 5.75 Å². The first-order chi connectivity index (χ1) is 20.4. The van der Waals surface area contributed by atoms with Crippen molar-refractivity contribution >= 4 is 23.4 Å². The van der Waals surface area contributed by atoms with E-state index in [-0.39, 0.29) is 55.1 Å². The summed E-state index contributed by atoms with van der Waals surface area (Å²) in [6.45, 7) is 3.81. The van der Waals surface area contributed by atoms with Gasteiger partial charge in [0.25, 0.3) is 0 Å². The van der Waals surface area contributed by atoms with Crippen molar-refractivity contribution in [2.75, 3.05) is 20.3 Å². The van der Waals surface area contributed by atoms with Crippen LogP contribution >= 0.6 is 0 Å². The molecule has 0 bridgehead atoms. The number of amides is 1. The van der Waals surface area contributed by atoms with E-state index < -0.39 is 40.9 Å². The van der Waals surface area contributed by atoms with Crippen LogP contribution in [-0.2, 0) is 30.3 Å². The fraction of sp³-hybridized carbons (Fsp3) is 0.588. The molecule has 3 N–H and O–H groups in total. The molecule has 43 heavy (non-hydrogen) atoms. The first kappa shape index (κ1) is 31.1. The Hall–Kier alpha value is -3.30. The Bertz CT molecular complexity index is 1330. The molecule has 0 aliphatic heterocycles. The van der Waals surface area contributed by atoms with E-state index in [1.807, 2.05) is 37.3 Å². The summed E-state index contributed by atoms with van der Waals surface area (Å²) < 4.78 is 10.4. The first-order valence-corrected chi connectivity index (χ1v) is 15.3. The summed E-state index contributed by atoms with van der Waals surface area (Å²) in [7, 11) is 1.60. The Morgan fingerprint density at radius 3 is 2.56 bits per heavy atom. The van der Waals surface area contributed by atoms with E-state index in [4.69, 9.17) is 9.47 Å². The minimum Gasteiger partial charge on any atom is -0.497 e. The average molecular weight is 594 g/mol. The maximum atomic E-state index is 13.4. The Morgan fingerprint density at radius 1 is 1.09 bits per heavy atom. The van der Waals surface area contributed by atoms with Crippen LogP contribution in [0.4, 0.5) is 0 Å². The van der Waals surface area contributed by atoms with Crippen molar-refractivity contribution in [1.29, 1.82) is 0 Å². The molecule has 0 saturated heterocycles. The fourth-order valence-electron chi connectivity index (χ4n) is 8.57. The standard InChI is InChI=1S/C34H43NO8/c1-32-15-12-23(36)18-22(32)6-9-25-26-13-16-34(41,33(26,2)19-27(37)31(25)32)28(38)20-43-30(40)11-10-29(39)35-17-14-21-4-7-24(42-3)8-5-21/h4-5,7-8,12,15,18,25-27,31,37,41H,6,9-11,13-14,16-17,19-20H2,1-3H3,(H,35,39)/t25-,26+,27+,31+,32+,33+,34+/m1/s1. The number of fused-ring (bicyclic) bond motifs is 5. The molecule has 0 heterocycles. The summed E-state index contributed by atoms with van der Waals surface area (Å²) >= 11 is 0. The largest absolute Gasteiger partial charge is 0.497 e. The Balaban J connectivity index is 1.12. The van der Waals surface area contributed by atoms with Gasteiger partial charge in [0, 0.05) is 29.7 Å². The molecule has 7 atom stereocenters. The number of carbonyl (C=O) groups excluding carboxylic acids is 4. The predicted octanol–water partition coefficient (Wildman–Crippen LogP) is 3.26. The third kappa shape index (κ3) is 5.69. The second kappa shape index (κ2) is 12.0. The molecule has 0 aromatic heterocycles. The third-order valence-electron chi connectivity index (χ3n) is 10.9. The van der Waals surface area contributed by atoms with E-state index in [9.17, 15) is 29.4 Å². The molecule has 3 saturated carbocycles. The zero-order valence-electron chi connectivity index (χ0n) is 25.3. The van der Waals surface area contributed by atoms with E-state index in [0.29, 0.717) is 19.4 Å². The lowest BCUT2D eigenvalue weighted by Crippen LogP contribution is -2.61. The number of Topliss-reactive ketones (excluding diaryl/α,β-unsaturated/α-hetero) is 1. The monoisotopic (exact) mass is 593 g/mol. The highest BCUT2D eigenvalue weighted by Gasteiger charge is 2.68.